The van der Waals surface area contributed by atoms with Gasteiger partial charge in [-0.2, -0.15) is 5.26 Å². The van der Waals surface area contributed by atoms with Gasteiger partial charge in [-0.1, -0.05) is 27.7 Å². The molecule has 1 aliphatic carbocycles. The first-order valence-corrected chi connectivity index (χ1v) is 7.38. The van der Waals surface area contributed by atoms with E-state index in [0.29, 0.717) is 22.6 Å². The van der Waals surface area contributed by atoms with Crippen molar-refractivity contribution >= 4 is 0 Å². The van der Waals surface area contributed by atoms with Crippen molar-refractivity contribution in [2.24, 2.45) is 10.8 Å². The maximum Gasteiger partial charge on any atom is 0.140 e. The minimum absolute atomic E-state index is 0.398. The van der Waals surface area contributed by atoms with Crippen LogP contribution >= 0.6 is 0 Å². The number of pyridine rings is 1. The molecular weight excluding hydrogens is 246 g/mol. The standard InChI is InChI=1S/C17H25N3/c1-16(2)8-15(9-17(3,4)12-16)20-11-13-5-6-19-14(7-13)10-18/h5-7,15,20H,8-9,11-12H2,1-4H3. The number of nitrogens with one attached hydrogen (secondary N) is 1. The van der Waals surface area contributed by atoms with Gasteiger partial charge in [0.2, 0.25) is 0 Å². The van der Waals surface area contributed by atoms with Gasteiger partial charge in [0.25, 0.3) is 0 Å². The van der Waals surface area contributed by atoms with Crippen molar-refractivity contribution in [3.8, 4) is 6.07 Å². The Kier molecular flexibility index (Phi) is 4.15. The second-order valence-corrected chi connectivity index (χ2v) is 7.65. The number of aromatic nitrogens is 1. The van der Waals surface area contributed by atoms with Crippen LogP contribution in [0.25, 0.3) is 0 Å². The quantitative estimate of drug-likeness (QED) is 0.913. The zero-order valence-corrected chi connectivity index (χ0v) is 13.0. The maximum absolute atomic E-state index is 8.88. The fraction of sp³-hybridized carbons (Fsp3) is 0.647. The van der Waals surface area contributed by atoms with Crippen LogP contribution in [0, 0.1) is 22.2 Å². The Morgan fingerprint density at radius 1 is 1.30 bits per heavy atom. The summed E-state index contributed by atoms with van der Waals surface area (Å²) in [6.07, 6.45) is 5.43. The van der Waals surface area contributed by atoms with E-state index in [0.717, 1.165) is 12.1 Å². The van der Waals surface area contributed by atoms with Crippen molar-refractivity contribution in [1.29, 1.82) is 5.26 Å². The van der Waals surface area contributed by atoms with Crippen LogP contribution in [0.1, 0.15) is 58.2 Å². The molecule has 2 rings (SSSR count). The van der Waals surface area contributed by atoms with Gasteiger partial charge in [0, 0.05) is 18.8 Å². The molecule has 0 unspecified atom stereocenters. The number of nitrogens with zero attached hydrogens (tertiary/aromatic N) is 2. The lowest BCUT2D eigenvalue weighted by Crippen LogP contribution is -2.43. The van der Waals surface area contributed by atoms with Crippen LogP contribution in [-0.4, -0.2) is 11.0 Å². The smallest absolute Gasteiger partial charge is 0.140 e. The van der Waals surface area contributed by atoms with Crippen molar-refractivity contribution in [3.05, 3.63) is 29.6 Å². The molecule has 1 aromatic rings. The van der Waals surface area contributed by atoms with Crippen LogP contribution in [0.3, 0.4) is 0 Å². The Morgan fingerprint density at radius 2 is 1.95 bits per heavy atom. The van der Waals surface area contributed by atoms with Crippen LogP contribution in [0.15, 0.2) is 18.3 Å². The summed E-state index contributed by atoms with van der Waals surface area (Å²) in [5.74, 6) is 0. The van der Waals surface area contributed by atoms with Crippen LogP contribution in [0.4, 0.5) is 0 Å². The molecule has 1 fully saturated rings. The van der Waals surface area contributed by atoms with Gasteiger partial charge in [0.1, 0.15) is 11.8 Å². The predicted octanol–water partition coefficient (Wildman–Crippen LogP) is 3.65. The minimum atomic E-state index is 0.398. The van der Waals surface area contributed by atoms with Crippen LogP contribution < -0.4 is 5.32 Å². The Balaban J connectivity index is 1.98. The highest BCUT2D eigenvalue weighted by atomic mass is 14.9. The van der Waals surface area contributed by atoms with Crippen molar-refractivity contribution in [3.63, 3.8) is 0 Å². The molecule has 3 heteroatoms. The third-order valence-corrected chi connectivity index (χ3v) is 4.09. The van der Waals surface area contributed by atoms with Crippen LogP contribution in [0.5, 0.6) is 0 Å². The molecule has 20 heavy (non-hydrogen) atoms. The topological polar surface area (TPSA) is 48.7 Å². The zero-order valence-electron chi connectivity index (χ0n) is 13.0. The Labute approximate surface area is 122 Å². The summed E-state index contributed by atoms with van der Waals surface area (Å²) < 4.78 is 0. The van der Waals surface area contributed by atoms with Gasteiger partial charge >= 0.3 is 0 Å². The average Bonchev–Trinajstić information content (AvgIpc) is 2.33. The molecule has 1 heterocycles. The summed E-state index contributed by atoms with van der Waals surface area (Å²) in [6.45, 7) is 10.3. The monoisotopic (exact) mass is 271 g/mol. The third-order valence-electron chi connectivity index (χ3n) is 4.09. The third kappa shape index (κ3) is 4.05. The van der Waals surface area contributed by atoms with Crippen LogP contribution in [0.2, 0.25) is 0 Å². The first-order chi connectivity index (χ1) is 9.30. The first kappa shape index (κ1) is 15.0. The van der Waals surface area contributed by atoms with E-state index in [1.165, 1.54) is 19.3 Å². The first-order valence-electron chi connectivity index (χ1n) is 7.38. The number of nitriles is 1. The largest absolute Gasteiger partial charge is 0.310 e. The van der Waals surface area contributed by atoms with E-state index in [4.69, 9.17) is 5.26 Å². The summed E-state index contributed by atoms with van der Waals surface area (Å²) in [6, 6.07) is 6.49. The van der Waals surface area contributed by atoms with Gasteiger partial charge in [0.15, 0.2) is 0 Å². The second-order valence-electron chi connectivity index (χ2n) is 7.65. The lowest BCUT2D eigenvalue weighted by atomic mass is 9.63. The van der Waals surface area contributed by atoms with E-state index >= 15 is 0 Å². The minimum Gasteiger partial charge on any atom is -0.310 e. The normalized spacial score (nSPS) is 21.4. The molecule has 0 aromatic carbocycles. The maximum atomic E-state index is 8.88. The molecule has 0 bridgehead atoms. The van der Waals surface area contributed by atoms with E-state index in [1.54, 1.807) is 6.20 Å². The molecule has 0 saturated heterocycles. The second kappa shape index (κ2) is 5.54. The molecule has 1 aromatic heterocycles. The molecule has 0 amide bonds. The van der Waals surface area contributed by atoms with Crippen molar-refractivity contribution in [2.45, 2.75) is 59.5 Å². The van der Waals surface area contributed by atoms with Crippen molar-refractivity contribution in [1.82, 2.24) is 10.3 Å². The molecule has 0 radical (unpaired) electrons. The van der Waals surface area contributed by atoms with Crippen molar-refractivity contribution in [2.75, 3.05) is 0 Å². The average molecular weight is 271 g/mol. The SMILES string of the molecule is CC1(C)CC(NCc2ccnc(C#N)c2)CC(C)(C)C1. The molecule has 0 aliphatic heterocycles. The fourth-order valence-corrected chi connectivity index (χ4v) is 3.90. The Morgan fingerprint density at radius 3 is 2.55 bits per heavy atom. The predicted molar refractivity (Wildman–Crippen MR) is 81.0 cm³/mol. The highest BCUT2D eigenvalue weighted by molar-refractivity contribution is 5.25. The lowest BCUT2D eigenvalue weighted by Gasteiger charge is -2.45. The molecule has 0 spiro atoms. The van der Waals surface area contributed by atoms with Gasteiger partial charge in [-0.05, 0) is 47.8 Å². The fourth-order valence-electron chi connectivity index (χ4n) is 3.90. The summed E-state index contributed by atoms with van der Waals surface area (Å²) >= 11 is 0. The summed E-state index contributed by atoms with van der Waals surface area (Å²) in [5.41, 5.74) is 2.43. The summed E-state index contributed by atoms with van der Waals surface area (Å²) in [5, 5.41) is 12.5. The van der Waals surface area contributed by atoms with Crippen LogP contribution in [-0.2, 0) is 6.54 Å². The molecular formula is C17H25N3. The number of rotatable bonds is 3. The number of hydrogen-bond donors (Lipinski definition) is 1. The number of hydrogen-bond acceptors (Lipinski definition) is 3. The van der Waals surface area contributed by atoms with E-state index < -0.39 is 0 Å². The summed E-state index contributed by atoms with van der Waals surface area (Å²) in [4.78, 5) is 4.01. The molecule has 3 nitrogen and oxygen atoms in total. The van der Waals surface area contributed by atoms with Crippen molar-refractivity contribution < 1.29 is 0 Å². The zero-order chi connectivity index (χ0) is 14.8. The van der Waals surface area contributed by atoms with Gasteiger partial charge in [-0.3, -0.25) is 0 Å². The van der Waals surface area contributed by atoms with Gasteiger partial charge < -0.3 is 5.32 Å². The molecule has 1 aliphatic rings. The highest BCUT2D eigenvalue weighted by Gasteiger charge is 2.38. The highest BCUT2D eigenvalue weighted by Crippen LogP contribution is 2.45. The molecule has 1 saturated carbocycles. The van der Waals surface area contributed by atoms with E-state index in [9.17, 15) is 0 Å². The molecule has 1 N–H and O–H groups in total. The molecule has 0 atom stereocenters. The van der Waals surface area contributed by atoms with E-state index in [1.807, 2.05) is 12.1 Å². The van der Waals surface area contributed by atoms with Gasteiger partial charge in [-0.25, -0.2) is 4.98 Å². The van der Waals surface area contributed by atoms with Gasteiger partial charge in [-0.15, -0.1) is 0 Å². The lowest BCUT2D eigenvalue weighted by molar-refractivity contribution is 0.0845. The van der Waals surface area contributed by atoms with E-state index in [-0.39, 0.29) is 0 Å². The molecule has 108 valence electrons. The Hall–Kier alpha value is -1.40. The Bertz CT molecular complexity index is 495. The summed E-state index contributed by atoms with van der Waals surface area (Å²) in [7, 11) is 0. The van der Waals surface area contributed by atoms with Gasteiger partial charge in [0.05, 0.1) is 0 Å². The van der Waals surface area contributed by atoms with E-state index in [2.05, 4.69) is 44.1 Å².